The van der Waals surface area contributed by atoms with Gasteiger partial charge >= 0.3 is 6.18 Å². The Labute approximate surface area is 490 Å². The fourth-order valence-electron chi connectivity index (χ4n) is 11.5. The second kappa shape index (κ2) is 21.0. The van der Waals surface area contributed by atoms with Gasteiger partial charge in [-0.2, -0.15) is 23.7 Å². The van der Waals surface area contributed by atoms with Gasteiger partial charge in [0.2, 0.25) is 0 Å². The van der Waals surface area contributed by atoms with Gasteiger partial charge in [0.05, 0.1) is 69.9 Å². The monoisotopic (exact) mass is 1110 g/mol. The first-order valence-corrected chi connectivity index (χ1v) is 27.3. The first kappa shape index (κ1) is 51.9. The van der Waals surface area contributed by atoms with Gasteiger partial charge in [0.1, 0.15) is 5.56 Å². The largest absolute Gasteiger partial charge is 0.420 e. The van der Waals surface area contributed by atoms with Crippen LogP contribution < -0.4 is 0 Å². The Morgan fingerprint density at radius 1 is 0.337 bits per heavy atom. The van der Waals surface area contributed by atoms with Gasteiger partial charge in [0.25, 0.3) is 0 Å². The molecule has 0 radical (unpaired) electrons. The number of aromatic nitrogens is 5. The van der Waals surface area contributed by atoms with Crippen LogP contribution in [0.2, 0.25) is 0 Å². The highest BCUT2D eigenvalue weighted by Crippen LogP contribution is 2.48. The molecule has 0 bridgehead atoms. The molecule has 0 aliphatic heterocycles. The molecule has 9 nitrogen and oxygen atoms in total. The number of nitrogens with zero attached hydrogens (tertiary/aromatic N) is 9. The molecule has 11 aromatic carbocycles. The van der Waals surface area contributed by atoms with E-state index in [0.29, 0.717) is 88.9 Å². The molecular weight excluding hydrogens is 1070 g/mol. The Balaban J connectivity index is 1.11. The summed E-state index contributed by atoms with van der Waals surface area (Å²) in [6.07, 6.45) is -5.02. The smallest absolute Gasteiger partial charge is 0.309 e. The van der Waals surface area contributed by atoms with Gasteiger partial charge in [-0.25, -0.2) is 24.6 Å². The van der Waals surface area contributed by atoms with Crippen molar-refractivity contribution in [2.75, 3.05) is 0 Å². The maximum absolute atomic E-state index is 17.4. The first-order valence-electron chi connectivity index (χ1n) is 27.3. The van der Waals surface area contributed by atoms with Crippen molar-refractivity contribution in [1.82, 2.24) is 24.1 Å². The molecule has 14 aromatic rings. The van der Waals surface area contributed by atoms with Crippen LogP contribution in [0, 0.1) is 35.8 Å². The van der Waals surface area contributed by atoms with E-state index in [1.807, 2.05) is 182 Å². The maximum Gasteiger partial charge on any atom is 0.420 e. The van der Waals surface area contributed by atoms with Gasteiger partial charge in [-0.3, -0.25) is 0 Å². The average Bonchev–Trinajstić information content (AvgIpc) is 1.56. The van der Waals surface area contributed by atoms with E-state index in [4.69, 9.17) is 28.1 Å². The Kier molecular flexibility index (Phi) is 12.6. The second-order valence-electron chi connectivity index (χ2n) is 20.7. The van der Waals surface area contributed by atoms with Crippen LogP contribution in [-0.2, 0) is 6.18 Å². The lowest BCUT2D eigenvalue weighted by atomic mass is 9.99. The molecular formula is C74H40F3N9. The van der Waals surface area contributed by atoms with Crippen LogP contribution in [0.25, 0.3) is 143 Å². The van der Waals surface area contributed by atoms with Crippen LogP contribution >= 0.6 is 0 Å². The Bertz CT molecular complexity index is 4670. The normalized spacial score (nSPS) is 11.4. The van der Waals surface area contributed by atoms with Crippen molar-refractivity contribution in [2.24, 2.45) is 0 Å². The predicted molar refractivity (Wildman–Crippen MR) is 334 cm³/mol. The number of alkyl halides is 3. The molecule has 86 heavy (non-hydrogen) atoms. The van der Waals surface area contributed by atoms with Crippen LogP contribution in [0.3, 0.4) is 0 Å². The summed E-state index contributed by atoms with van der Waals surface area (Å²) in [7, 11) is 0. The lowest BCUT2D eigenvalue weighted by Crippen LogP contribution is -2.16. The zero-order chi connectivity index (χ0) is 58.6. The molecule has 12 heteroatoms. The fourth-order valence-corrected chi connectivity index (χ4v) is 11.5. The summed E-state index contributed by atoms with van der Waals surface area (Å²) in [5, 5.41) is 22.0. The summed E-state index contributed by atoms with van der Waals surface area (Å²) < 4.78 is 55.7. The number of fused-ring (bicyclic) bond motifs is 6. The lowest BCUT2D eigenvalue weighted by Gasteiger charge is -2.23. The Morgan fingerprint density at radius 3 is 0.919 bits per heavy atom. The number of hydrogen-bond donors (Lipinski definition) is 0. The maximum atomic E-state index is 17.4. The third-order valence-electron chi connectivity index (χ3n) is 15.7. The highest BCUT2D eigenvalue weighted by atomic mass is 19.4. The number of halogens is 3. The first-order chi connectivity index (χ1) is 42.0. The molecule has 0 aliphatic carbocycles. The van der Waals surface area contributed by atoms with Crippen molar-refractivity contribution in [3.05, 3.63) is 282 Å². The van der Waals surface area contributed by atoms with Gasteiger partial charge in [0.15, 0.2) is 28.8 Å². The third kappa shape index (κ3) is 9.19. The van der Waals surface area contributed by atoms with Crippen molar-refractivity contribution in [1.29, 1.82) is 10.5 Å². The molecule has 14 rings (SSSR count). The van der Waals surface area contributed by atoms with Crippen LogP contribution in [0.1, 0.15) is 16.7 Å². The zero-order valence-electron chi connectivity index (χ0n) is 45.3. The molecule has 0 aliphatic rings. The van der Waals surface area contributed by atoms with E-state index in [0.717, 1.165) is 44.5 Å². The van der Waals surface area contributed by atoms with Crippen LogP contribution in [0.5, 0.6) is 0 Å². The number of hydrogen-bond acceptors (Lipinski definition) is 5. The molecule has 0 amide bonds. The zero-order valence-corrected chi connectivity index (χ0v) is 45.3. The summed E-state index contributed by atoms with van der Waals surface area (Å²) in [6, 6.07) is 77.9. The molecule has 0 saturated heterocycles. The third-order valence-corrected chi connectivity index (χ3v) is 15.7. The SMILES string of the molecule is [C-]#[N+]c1ccc(-c2ccc3c(c2)c2cc(-c4ccc([N+]#[C-])cc4)ccc2n3-c2cc(-c3nc(-c4ccccc4)nc(-c4ccccc4)n3)cc(-n3c4ccc(-c5ccc(C#N)cc5)cc4c4cc(-c5ccc(C#N)cc5)ccc43)c2C(F)(F)F)cc1. The van der Waals surface area contributed by atoms with Crippen molar-refractivity contribution in [2.45, 2.75) is 6.18 Å². The molecule has 0 saturated carbocycles. The van der Waals surface area contributed by atoms with Gasteiger partial charge in [-0.1, -0.05) is 158 Å². The minimum absolute atomic E-state index is 0.136. The summed E-state index contributed by atoms with van der Waals surface area (Å²) in [5.74, 6) is 0.786. The van der Waals surface area contributed by atoms with Crippen molar-refractivity contribution in [3.63, 3.8) is 0 Å². The second-order valence-corrected chi connectivity index (χ2v) is 20.7. The summed E-state index contributed by atoms with van der Waals surface area (Å²) >= 11 is 0. The van der Waals surface area contributed by atoms with E-state index in [9.17, 15) is 10.5 Å². The molecule has 0 fully saturated rings. The molecule has 3 heterocycles. The molecule has 3 aromatic heterocycles. The summed E-state index contributed by atoms with van der Waals surface area (Å²) in [4.78, 5) is 22.4. The minimum atomic E-state index is -5.02. The van der Waals surface area contributed by atoms with Crippen LogP contribution in [0.15, 0.2) is 243 Å². The van der Waals surface area contributed by atoms with Crippen molar-refractivity contribution >= 4 is 55.0 Å². The highest BCUT2D eigenvalue weighted by Gasteiger charge is 2.40. The number of benzene rings is 11. The summed E-state index contributed by atoms with van der Waals surface area (Å²) in [5.41, 5.74) is 10.6. The molecule has 402 valence electrons. The predicted octanol–water partition coefficient (Wildman–Crippen LogP) is 19.6. The van der Waals surface area contributed by atoms with E-state index in [2.05, 4.69) is 21.8 Å². The van der Waals surface area contributed by atoms with E-state index in [1.165, 1.54) is 12.1 Å². The quantitative estimate of drug-likeness (QED) is 0.134. The van der Waals surface area contributed by atoms with Gasteiger partial charge in [0, 0.05) is 38.2 Å². The fraction of sp³-hybridized carbons (Fsp3) is 0.0135. The minimum Gasteiger partial charge on any atom is -0.309 e. The molecule has 0 spiro atoms. The molecule has 0 atom stereocenters. The topological polar surface area (TPSA) is 105 Å². The van der Waals surface area contributed by atoms with Crippen LogP contribution in [-0.4, -0.2) is 24.1 Å². The number of nitriles is 2. The van der Waals surface area contributed by atoms with Crippen molar-refractivity contribution < 1.29 is 13.2 Å². The van der Waals surface area contributed by atoms with Crippen molar-refractivity contribution in [3.8, 4) is 102 Å². The van der Waals surface area contributed by atoms with Gasteiger partial charge < -0.3 is 9.13 Å². The van der Waals surface area contributed by atoms with Gasteiger partial charge in [-0.15, -0.1) is 0 Å². The van der Waals surface area contributed by atoms with E-state index >= 15 is 13.2 Å². The molecule has 0 N–H and O–H groups in total. The molecule has 0 unspecified atom stereocenters. The average molecular weight is 1110 g/mol. The lowest BCUT2D eigenvalue weighted by molar-refractivity contribution is -0.137. The van der Waals surface area contributed by atoms with E-state index in [1.54, 1.807) is 57.7 Å². The van der Waals surface area contributed by atoms with E-state index in [-0.39, 0.29) is 22.8 Å². The Morgan fingerprint density at radius 2 is 0.628 bits per heavy atom. The van der Waals surface area contributed by atoms with E-state index < -0.39 is 11.7 Å². The number of rotatable bonds is 9. The van der Waals surface area contributed by atoms with Crippen LogP contribution in [0.4, 0.5) is 24.5 Å². The summed E-state index contributed by atoms with van der Waals surface area (Å²) in [6.45, 7) is 15.2. The van der Waals surface area contributed by atoms with Gasteiger partial charge in [-0.05, 0) is 129 Å². The Hall–Kier alpha value is -12.2. The standard InChI is InChI=1S/C74H40F3N9/c1-80-58-29-21-49(22-30-58)55-27-35-66-62(39-55)63-40-56(50-23-31-59(81-2)32-24-50)28-36-67(63)86(66)69-42-57(73-83-71(51-9-5-3-6-10-51)82-72(84-73)52-11-7-4-8-12-52)41-68(70(69)74(75,76)77)85-64-33-25-53(47-17-13-45(43-78)14-18-47)37-60(64)61-38-54(26-34-65(61)85)48-19-15-46(44-79)16-20-48/h3-42H. The highest BCUT2D eigenvalue weighted by molar-refractivity contribution is 6.14.